The normalized spacial score (nSPS) is 10.7. The Morgan fingerprint density at radius 2 is 1.90 bits per heavy atom. The molecule has 0 atom stereocenters. The van der Waals surface area contributed by atoms with E-state index in [-0.39, 0.29) is 23.8 Å². The van der Waals surface area contributed by atoms with Crippen molar-refractivity contribution in [1.29, 1.82) is 0 Å². The SMILES string of the molecule is Cc1nc2c(C(N)=O)cnn2c(C)c1CCC(=O)NCCNC(=O)c1cccnc1. The second-order valence-electron chi connectivity index (χ2n) is 6.77. The van der Waals surface area contributed by atoms with Crippen molar-refractivity contribution in [3.05, 3.63) is 58.8 Å². The third-order valence-corrected chi connectivity index (χ3v) is 4.73. The van der Waals surface area contributed by atoms with Crippen LogP contribution in [0, 0.1) is 13.8 Å². The monoisotopic (exact) mass is 409 g/mol. The number of aryl methyl sites for hydroxylation is 2. The molecular formula is C20H23N7O3. The first-order valence-corrected chi connectivity index (χ1v) is 9.47. The molecule has 156 valence electrons. The van der Waals surface area contributed by atoms with Gasteiger partial charge in [0.05, 0.1) is 11.8 Å². The Balaban J connectivity index is 1.52. The molecule has 0 fully saturated rings. The summed E-state index contributed by atoms with van der Waals surface area (Å²) in [5.41, 5.74) is 8.92. The van der Waals surface area contributed by atoms with Crippen LogP contribution in [0.5, 0.6) is 0 Å². The predicted molar refractivity (Wildman–Crippen MR) is 109 cm³/mol. The molecule has 10 nitrogen and oxygen atoms in total. The zero-order valence-corrected chi connectivity index (χ0v) is 16.8. The summed E-state index contributed by atoms with van der Waals surface area (Å²) in [5, 5.41) is 9.69. The average molecular weight is 409 g/mol. The fraction of sp³-hybridized carbons (Fsp3) is 0.300. The lowest BCUT2D eigenvalue weighted by molar-refractivity contribution is -0.121. The van der Waals surface area contributed by atoms with Crippen molar-refractivity contribution in [1.82, 2.24) is 30.2 Å². The first-order chi connectivity index (χ1) is 14.4. The molecule has 30 heavy (non-hydrogen) atoms. The van der Waals surface area contributed by atoms with E-state index in [1.165, 1.54) is 12.4 Å². The molecule has 3 rings (SSSR count). The number of nitrogens with one attached hydrogen (secondary N) is 2. The summed E-state index contributed by atoms with van der Waals surface area (Å²) in [6, 6.07) is 3.35. The Morgan fingerprint density at radius 3 is 2.60 bits per heavy atom. The minimum absolute atomic E-state index is 0.136. The molecule has 3 heterocycles. The lowest BCUT2D eigenvalue weighted by Crippen LogP contribution is -2.34. The smallest absolute Gasteiger partial charge is 0.254 e. The predicted octanol–water partition coefficient (Wildman–Crippen LogP) is 0.319. The van der Waals surface area contributed by atoms with E-state index >= 15 is 0 Å². The van der Waals surface area contributed by atoms with Crippen molar-refractivity contribution >= 4 is 23.4 Å². The summed E-state index contributed by atoms with van der Waals surface area (Å²) in [6.07, 6.45) is 5.20. The Hall–Kier alpha value is -3.82. The van der Waals surface area contributed by atoms with E-state index in [4.69, 9.17) is 5.73 Å². The molecule has 4 N–H and O–H groups in total. The lowest BCUT2D eigenvalue weighted by atomic mass is 10.1. The van der Waals surface area contributed by atoms with Gasteiger partial charge in [0.1, 0.15) is 5.56 Å². The van der Waals surface area contributed by atoms with Gasteiger partial charge in [-0.3, -0.25) is 19.4 Å². The molecule has 0 saturated carbocycles. The molecule has 3 aromatic heterocycles. The number of hydrogen-bond donors (Lipinski definition) is 3. The Bertz CT molecular complexity index is 1090. The van der Waals surface area contributed by atoms with Gasteiger partial charge in [-0.15, -0.1) is 0 Å². The van der Waals surface area contributed by atoms with E-state index in [0.717, 1.165) is 17.0 Å². The molecule has 0 saturated heterocycles. The highest BCUT2D eigenvalue weighted by atomic mass is 16.2. The van der Waals surface area contributed by atoms with Crippen molar-refractivity contribution in [2.75, 3.05) is 13.1 Å². The maximum atomic E-state index is 12.2. The Kier molecular flexibility index (Phi) is 6.35. The van der Waals surface area contributed by atoms with Gasteiger partial charge in [0, 0.05) is 43.3 Å². The summed E-state index contributed by atoms with van der Waals surface area (Å²) < 4.78 is 1.56. The van der Waals surface area contributed by atoms with Crippen LogP contribution in [0.3, 0.4) is 0 Å². The molecule has 0 aliphatic rings. The van der Waals surface area contributed by atoms with Gasteiger partial charge in [0.15, 0.2) is 5.65 Å². The zero-order chi connectivity index (χ0) is 21.7. The van der Waals surface area contributed by atoms with Gasteiger partial charge in [-0.2, -0.15) is 5.10 Å². The minimum atomic E-state index is -0.584. The summed E-state index contributed by atoms with van der Waals surface area (Å²) in [6.45, 7) is 4.32. The van der Waals surface area contributed by atoms with E-state index in [0.29, 0.717) is 30.7 Å². The first kappa shape index (κ1) is 20.9. The topological polar surface area (TPSA) is 144 Å². The van der Waals surface area contributed by atoms with Crippen LogP contribution in [-0.2, 0) is 11.2 Å². The highest BCUT2D eigenvalue weighted by molar-refractivity contribution is 5.98. The molecule has 3 amide bonds. The van der Waals surface area contributed by atoms with Crippen molar-refractivity contribution in [2.45, 2.75) is 26.7 Å². The van der Waals surface area contributed by atoms with Crippen LogP contribution >= 0.6 is 0 Å². The lowest BCUT2D eigenvalue weighted by Gasteiger charge is -2.12. The summed E-state index contributed by atoms with van der Waals surface area (Å²) in [5.74, 6) is -0.959. The molecule has 3 aromatic rings. The van der Waals surface area contributed by atoms with Crippen LogP contribution in [0.1, 0.15) is 44.1 Å². The minimum Gasteiger partial charge on any atom is -0.365 e. The highest BCUT2D eigenvalue weighted by Gasteiger charge is 2.17. The van der Waals surface area contributed by atoms with Crippen LogP contribution in [0.2, 0.25) is 0 Å². The number of nitrogens with two attached hydrogens (primary N) is 1. The van der Waals surface area contributed by atoms with Crippen LogP contribution in [0.25, 0.3) is 5.65 Å². The van der Waals surface area contributed by atoms with Gasteiger partial charge in [0.2, 0.25) is 5.91 Å². The number of nitrogens with zero attached hydrogens (tertiary/aromatic N) is 4. The number of hydrogen-bond acceptors (Lipinski definition) is 6. The third-order valence-electron chi connectivity index (χ3n) is 4.73. The molecule has 0 aromatic carbocycles. The van der Waals surface area contributed by atoms with Gasteiger partial charge in [-0.25, -0.2) is 9.50 Å². The van der Waals surface area contributed by atoms with E-state index in [9.17, 15) is 14.4 Å². The fourth-order valence-electron chi connectivity index (χ4n) is 3.15. The van der Waals surface area contributed by atoms with Gasteiger partial charge in [-0.05, 0) is 38.0 Å². The van der Waals surface area contributed by atoms with E-state index in [1.807, 2.05) is 13.8 Å². The first-order valence-electron chi connectivity index (χ1n) is 9.47. The van der Waals surface area contributed by atoms with Crippen molar-refractivity contribution in [3.63, 3.8) is 0 Å². The zero-order valence-electron chi connectivity index (χ0n) is 16.8. The molecular weight excluding hydrogens is 386 g/mol. The number of rotatable bonds is 8. The van der Waals surface area contributed by atoms with Crippen LogP contribution in [0.15, 0.2) is 30.7 Å². The largest absolute Gasteiger partial charge is 0.365 e. The van der Waals surface area contributed by atoms with E-state index < -0.39 is 5.91 Å². The Morgan fingerprint density at radius 1 is 1.13 bits per heavy atom. The quantitative estimate of drug-likeness (QED) is 0.457. The standard InChI is InChI=1S/C20H23N7O3/c1-12-15(13(2)27-19(26-12)16(11-25-27)18(21)29)5-6-17(28)23-8-9-24-20(30)14-4-3-7-22-10-14/h3-4,7,10-11H,5-6,8-9H2,1-2H3,(H2,21,29)(H,23,28)(H,24,30). The van der Waals surface area contributed by atoms with Crippen LogP contribution < -0.4 is 16.4 Å². The number of pyridine rings is 1. The summed E-state index contributed by atoms with van der Waals surface area (Å²) >= 11 is 0. The number of amides is 3. The van der Waals surface area contributed by atoms with Gasteiger partial charge >= 0.3 is 0 Å². The molecule has 10 heteroatoms. The third kappa shape index (κ3) is 4.59. The van der Waals surface area contributed by atoms with Crippen LogP contribution in [0.4, 0.5) is 0 Å². The second kappa shape index (κ2) is 9.12. The van der Waals surface area contributed by atoms with Crippen molar-refractivity contribution in [2.24, 2.45) is 5.73 Å². The van der Waals surface area contributed by atoms with E-state index in [2.05, 4.69) is 25.7 Å². The molecule has 0 aliphatic carbocycles. The molecule has 0 aliphatic heterocycles. The average Bonchev–Trinajstić information content (AvgIpc) is 3.15. The molecule has 0 radical (unpaired) electrons. The summed E-state index contributed by atoms with van der Waals surface area (Å²) in [7, 11) is 0. The second-order valence-corrected chi connectivity index (χ2v) is 6.77. The fourth-order valence-corrected chi connectivity index (χ4v) is 3.15. The number of carbonyl (C=O) groups is 3. The van der Waals surface area contributed by atoms with Crippen LogP contribution in [-0.4, -0.2) is 50.4 Å². The maximum absolute atomic E-state index is 12.2. The van der Waals surface area contributed by atoms with Crippen molar-refractivity contribution in [3.8, 4) is 0 Å². The highest BCUT2D eigenvalue weighted by Crippen LogP contribution is 2.18. The number of carbonyl (C=O) groups excluding carboxylic acids is 3. The molecule has 0 spiro atoms. The van der Waals surface area contributed by atoms with E-state index in [1.54, 1.807) is 22.8 Å². The molecule has 0 bridgehead atoms. The van der Waals surface area contributed by atoms with Crippen molar-refractivity contribution < 1.29 is 14.4 Å². The maximum Gasteiger partial charge on any atom is 0.254 e. The van der Waals surface area contributed by atoms with Gasteiger partial charge in [0.25, 0.3) is 11.8 Å². The Labute approximate surface area is 172 Å². The van der Waals surface area contributed by atoms with Gasteiger partial charge < -0.3 is 16.4 Å². The number of fused-ring (bicyclic) bond motifs is 1. The van der Waals surface area contributed by atoms with Gasteiger partial charge in [-0.1, -0.05) is 0 Å². The summed E-state index contributed by atoms with van der Waals surface area (Å²) in [4.78, 5) is 43.9. The number of aromatic nitrogens is 4. The molecule has 0 unspecified atom stereocenters. The number of primary amides is 1.